The third kappa shape index (κ3) is 2.12. The molecule has 16 heavy (non-hydrogen) atoms. The summed E-state index contributed by atoms with van der Waals surface area (Å²) in [6.07, 6.45) is 4.25. The van der Waals surface area contributed by atoms with Crippen molar-refractivity contribution >= 4 is 22.4 Å². The van der Waals surface area contributed by atoms with E-state index in [1.165, 1.54) is 11.5 Å². The van der Waals surface area contributed by atoms with Gasteiger partial charge in [0.1, 0.15) is 22.5 Å². The zero-order chi connectivity index (χ0) is 11.4. The van der Waals surface area contributed by atoms with Crippen molar-refractivity contribution in [1.29, 1.82) is 5.26 Å². The summed E-state index contributed by atoms with van der Waals surface area (Å²) in [5.74, 6) is 1.19. The van der Waals surface area contributed by atoms with E-state index in [0.717, 1.165) is 12.2 Å². The van der Waals surface area contributed by atoms with Crippen molar-refractivity contribution in [2.75, 3.05) is 17.6 Å². The molecule has 2 heterocycles. The number of imidazole rings is 1. The Morgan fingerprint density at radius 2 is 2.50 bits per heavy atom. The van der Waals surface area contributed by atoms with E-state index in [2.05, 4.69) is 19.7 Å². The average Bonchev–Trinajstić information content (AvgIpc) is 2.89. The van der Waals surface area contributed by atoms with Crippen LogP contribution in [0.3, 0.4) is 0 Å². The standard InChI is InChI=1S/C9H10N6S/c10-5-6-8(11)15-16-9(6)14-2-1-7-12-3-4-13-7/h3-4,14H,1-2H2,(H2,11,15)(H,12,13). The molecule has 0 amide bonds. The van der Waals surface area contributed by atoms with E-state index in [9.17, 15) is 0 Å². The van der Waals surface area contributed by atoms with Gasteiger partial charge in [-0.2, -0.15) is 9.64 Å². The summed E-state index contributed by atoms with van der Waals surface area (Å²) in [4.78, 5) is 7.10. The molecule has 0 atom stereocenters. The monoisotopic (exact) mass is 234 g/mol. The van der Waals surface area contributed by atoms with Gasteiger partial charge in [-0.15, -0.1) is 0 Å². The van der Waals surface area contributed by atoms with Crippen LogP contribution in [0.4, 0.5) is 10.8 Å². The fraction of sp³-hybridized carbons (Fsp3) is 0.222. The fourth-order valence-electron chi connectivity index (χ4n) is 1.26. The Hall–Kier alpha value is -2.07. The van der Waals surface area contributed by atoms with Crippen molar-refractivity contribution in [3.05, 3.63) is 23.8 Å². The second kappa shape index (κ2) is 4.63. The van der Waals surface area contributed by atoms with E-state index in [1.807, 2.05) is 6.07 Å². The molecule has 2 rings (SSSR count). The molecule has 2 aromatic heterocycles. The molecule has 0 bridgehead atoms. The van der Waals surface area contributed by atoms with Crippen LogP contribution in [0, 0.1) is 11.3 Å². The molecule has 7 heteroatoms. The van der Waals surface area contributed by atoms with Crippen molar-refractivity contribution in [2.45, 2.75) is 6.42 Å². The Morgan fingerprint density at radius 1 is 1.62 bits per heavy atom. The van der Waals surface area contributed by atoms with Crippen LogP contribution < -0.4 is 11.1 Å². The molecule has 0 saturated heterocycles. The Morgan fingerprint density at radius 3 is 3.19 bits per heavy atom. The summed E-state index contributed by atoms with van der Waals surface area (Å²) in [5, 5.41) is 12.7. The van der Waals surface area contributed by atoms with Crippen LogP contribution in [-0.2, 0) is 6.42 Å². The number of anilines is 2. The molecule has 2 aromatic rings. The highest BCUT2D eigenvalue weighted by atomic mass is 32.1. The first-order valence-electron chi connectivity index (χ1n) is 4.68. The number of hydrogen-bond acceptors (Lipinski definition) is 6. The quantitative estimate of drug-likeness (QED) is 0.731. The molecule has 0 aliphatic heterocycles. The first-order valence-corrected chi connectivity index (χ1v) is 5.46. The lowest BCUT2D eigenvalue weighted by molar-refractivity contribution is 0.929. The van der Waals surface area contributed by atoms with Crippen molar-refractivity contribution in [3.63, 3.8) is 0 Å². The number of nitrogens with zero attached hydrogens (tertiary/aromatic N) is 3. The smallest absolute Gasteiger partial charge is 0.157 e. The second-order valence-corrected chi connectivity index (χ2v) is 3.87. The van der Waals surface area contributed by atoms with Crippen molar-refractivity contribution < 1.29 is 0 Å². The molecule has 0 aliphatic rings. The molecule has 0 unspecified atom stereocenters. The van der Waals surface area contributed by atoms with E-state index < -0.39 is 0 Å². The van der Waals surface area contributed by atoms with Crippen LogP contribution >= 0.6 is 11.5 Å². The summed E-state index contributed by atoms with van der Waals surface area (Å²) in [5.41, 5.74) is 5.96. The SMILES string of the molecule is N#Cc1c(N)nsc1NCCc1ncc[nH]1. The number of rotatable bonds is 4. The third-order valence-corrected chi connectivity index (χ3v) is 2.85. The number of nitrogens with two attached hydrogens (primary N) is 1. The highest BCUT2D eigenvalue weighted by molar-refractivity contribution is 7.10. The number of nitriles is 1. The first-order chi connectivity index (χ1) is 7.81. The van der Waals surface area contributed by atoms with Gasteiger partial charge in [-0.05, 0) is 11.5 Å². The minimum Gasteiger partial charge on any atom is -0.382 e. The number of nitrogens with one attached hydrogen (secondary N) is 2. The highest BCUT2D eigenvalue weighted by Crippen LogP contribution is 2.25. The molecule has 0 aliphatic carbocycles. The van der Waals surface area contributed by atoms with Gasteiger partial charge in [0.25, 0.3) is 0 Å². The number of aromatic nitrogens is 3. The van der Waals surface area contributed by atoms with Crippen molar-refractivity contribution in [3.8, 4) is 6.07 Å². The van der Waals surface area contributed by atoms with Gasteiger partial charge in [-0.25, -0.2) is 4.98 Å². The van der Waals surface area contributed by atoms with Gasteiger partial charge < -0.3 is 16.0 Å². The molecule has 82 valence electrons. The predicted octanol–water partition coefficient (Wildman–Crippen LogP) is 0.975. The summed E-state index contributed by atoms with van der Waals surface area (Å²) in [6, 6.07) is 2.02. The van der Waals surface area contributed by atoms with Gasteiger partial charge >= 0.3 is 0 Å². The summed E-state index contributed by atoms with van der Waals surface area (Å²) < 4.78 is 3.91. The number of hydrogen-bond donors (Lipinski definition) is 3. The van der Waals surface area contributed by atoms with E-state index in [-0.39, 0.29) is 5.82 Å². The highest BCUT2D eigenvalue weighted by Gasteiger charge is 2.09. The van der Waals surface area contributed by atoms with Crippen LogP contribution in [0.2, 0.25) is 0 Å². The summed E-state index contributed by atoms with van der Waals surface area (Å²) in [6.45, 7) is 0.684. The van der Waals surface area contributed by atoms with E-state index in [1.54, 1.807) is 12.4 Å². The first kappa shape index (κ1) is 10.4. The predicted molar refractivity (Wildman–Crippen MR) is 62.0 cm³/mol. The van der Waals surface area contributed by atoms with Crippen molar-refractivity contribution in [1.82, 2.24) is 14.3 Å². The maximum atomic E-state index is 8.85. The summed E-state index contributed by atoms with van der Waals surface area (Å²) in [7, 11) is 0. The fourth-order valence-corrected chi connectivity index (χ4v) is 1.95. The summed E-state index contributed by atoms with van der Waals surface area (Å²) >= 11 is 1.20. The Bertz CT molecular complexity index is 495. The minimum absolute atomic E-state index is 0.285. The van der Waals surface area contributed by atoms with E-state index >= 15 is 0 Å². The molecule has 0 radical (unpaired) electrons. The number of aromatic amines is 1. The van der Waals surface area contributed by atoms with Gasteiger partial charge in [0.2, 0.25) is 0 Å². The Labute approximate surface area is 96.3 Å². The molecule has 4 N–H and O–H groups in total. The van der Waals surface area contributed by atoms with E-state index in [0.29, 0.717) is 17.1 Å². The average molecular weight is 234 g/mol. The van der Waals surface area contributed by atoms with Crippen LogP contribution in [0.25, 0.3) is 0 Å². The van der Waals surface area contributed by atoms with Crippen LogP contribution in [0.15, 0.2) is 12.4 Å². The molecule has 0 aromatic carbocycles. The number of nitrogen functional groups attached to an aromatic ring is 1. The van der Waals surface area contributed by atoms with Gasteiger partial charge in [0, 0.05) is 25.4 Å². The van der Waals surface area contributed by atoms with Gasteiger partial charge in [0.05, 0.1) is 0 Å². The molecule has 0 fully saturated rings. The largest absolute Gasteiger partial charge is 0.382 e. The molecule has 0 saturated carbocycles. The number of H-pyrrole nitrogens is 1. The van der Waals surface area contributed by atoms with E-state index in [4.69, 9.17) is 11.0 Å². The Balaban J connectivity index is 1.93. The lowest BCUT2D eigenvalue weighted by Crippen LogP contribution is -2.05. The maximum Gasteiger partial charge on any atom is 0.157 e. The molecule has 6 nitrogen and oxygen atoms in total. The molecular formula is C9H10N6S. The van der Waals surface area contributed by atoms with Crippen LogP contribution in [-0.4, -0.2) is 20.9 Å². The molecule has 0 spiro atoms. The lowest BCUT2D eigenvalue weighted by Gasteiger charge is -2.01. The minimum atomic E-state index is 0.285. The Kier molecular flexibility index (Phi) is 3.03. The topological polar surface area (TPSA) is 103 Å². The van der Waals surface area contributed by atoms with Crippen LogP contribution in [0.5, 0.6) is 0 Å². The van der Waals surface area contributed by atoms with Crippen LogP contribution in [0.1, 0.15) is 11.4 Å². The molecular weight excluding hydrogens is 224 g/mol. The van der Waals surface area contributed by atoms with Gasteiger partial charge in [0.15, 0.2) is 5.82 Å². The second-order valence-electron chi connectivity index (χ2n) is 3.10. The normalized spacial score (nSPS) is 9.94. The van der Waals surface area contributed by atoms with Gasteiger partial charge in [-0.3, -0.25) is 0 Å². The van der Waals surface area contributed by atoms with Crippen molar-refractivity contribution in [2.24, 2.45) is 0 Å². The zero-order valence-corrected chi connectivity index (χ0v) is 9.21. The van der Waals surface area contributed by atoms with Gasteiger partial charge in [-0.1, -0.05) is 0 Å². The third-order valence-electron chi connectivity index (χ3n) is 2.03. The zero-order valence-electron chi connectivity index (χ0n) is 8.40. The lowest BCUT2D eigenvalue weighted by atomic mass is 10.3. The maximum absolute atomic E-state index is 8.85.